The molecule has 6 N–H and O–H groups in total. The Bertz CT molecular complexity index is 1770. The second-order valence-electron chi connectivity index (χ2n) is 12.3. The first-order valence-corrected chi connectivity index (χ1v) is 16.0. The molecule has 0 bridgehead atoms. The second-order valence-corrected chi connectivity index (χ2v) is 12.3. The van der Waals surface area contributed by atoms with Crippen LogP contribution in [0, 0.1) is 17.1 Å². The third-order valence-corrected chi connectivity index (χ3v) is 8.36. The average Bonchev–Trinajstić information content (AvgIpc) is 3.78. The molecule has 0 saturated heterocycles. The molecule has 2 heterocycles. The molecular weight excluding hydrogens is 630 g/mol. The molecule has 1 aliphatic carbocycles. The highest BCUT2D eigenvalue weighted by Crippen LogP contribution is 2.36. The van der Waals surface area contributed by atoms with E-state index in [1.807, 2.05) is 24.3 Å². The highest BCUT2D eigenvalue weighted by Gasteiger charge is 2.33. The van der Waals surface area contributed by atoms with Gasteiger partial charge in [0.1, 0.15) is 5.65 Å². The van der Waals surface area contributed by atoms with Crippen molar-refractivity contribution in [3.63, 3.8) is 0 Å². The molecule has 0 amide bonds. The molecule has 4 aromatic rings. The van der Waals surface area contributed by atoms with E-state index in [1.165, 1.54) is 36.7 Å². The van der Waals surface area contributed by atoms with Crippen molar-refractivity contribution in [1.29, 1.82) is 5.41 Å². The highest BCUT2D eigenvalue weighted by molar-refractivity contribution is 5.83. The third kappa shape index (κ3) is 9.42. The number of benzene rings is 2. The summed E-state index contributed by atoms with van der Waals surface area (Å²) in [5, 5.41) is 14.7. The molecular formula is C34H41F4N7O3. The molecule has 10 nitrogen and oxygen atoms in total. The van der Waals surface area contributed by atoms with E-state index >= 15 is 4.39 Å². The summed E-state index contributed by atoms with van der Waals surface area (Å²) in [6.07, 6.45) is 1.21. The normalized spacial score (nSPS) is 14.6. The number of alkyl halides is 3. The number of halogens is 4. The number of nitrogens with zero attached hydrogens (tertiary/aromatic N) is 2. The molecule has 1 unspecified atom stereocenters. The summed E-state index contributed by atoms with van der Waals surface area (Å²) in [6, 6.07) is 11.6. The average molecular weight is 672 g/mol. The Morgan fingerprint density at radius 3 is 2.58 bits per heavy atom. The zero-order chi connectivity index (χ0) is 34.4. The molecule has 1 fully saturated rings. The Kier molecular flexibility index (Phi) is 11.2. The minimum absolute atomic E-state index is 0.143. The summed E-state index contributed by atoms with van der Waals surface area (Å²) in [7, 11) is 1.53. The predicted octanol–water partition coefficient (Wildman–Crippen LogP) is 5.56. The van der Waals surface area contributed by atoms with E-state index in [0.717, 1.165) is 24.6 Å². The number of rotatable bonds is 16. The summed E-state index contributed by atoms with van der Waals surface area (Å²) >= 11 is 0. The van der Waals surface area contributed by atoms with Crippen LogP contribution in [0.4, 0.5) is 17.6 Å². The van der Waals surface area contributed by atoms with Crippen LogP contribution in [0.3, 0.4) is 0 Å². The first-order valence-electron chi connectivity index (χ1n) is 16.0. The maximum atomic E-state index is 15.5. The fraction of sp³-hybridized carbons (Fsp3) is 0.441. The molecule has 1 aliphatic rings. The Hall–Kier alpha value is -4.27. The Morgan fingerprint density at radius 1 is 1.17 bits per heavy atom. The van der Waals surface area contributed by atoms with Gasteiger partial charge in [0.05, 0.1) is 23.8 Å². The molecule has 0 spiro atoms. The fourth-order valence-electron chi connectivity index (χ4n) is 5.83. The third-order valence-electron chi connectivity index (χ3n) is 8.36. The molecule has 1 saturated carbocycles. The van der Waals surface area contributed by atoms with Crippen molar-refractivity contribution in [2.24, 2.45) is 11.7 Å². The molecule has 0 radical (unpaired) electrons. The van der Waals surface area contributed by atoms with Gasteiger partial charge in [0, 0.05) is 49.4 Å². The number of amidine groups is 1. The lowest BCUT2D eigenvalue weighted by Gasteiger charge is -2.19. The van der Waals surface area contributed by atoms with Crippen molar-refractivity contribution in [2.45, 2.75) is 70.4 Å². The van der Waals surface area contributed by atoms with Gasteiger partial charge >= 0.3 is 12.1 Å². The Morgan fingerprint density at radius 2 is 1.92 bits per heavy atom. The maximum Gasteiger partial charge on any atom is 0.573 e. The van der Waals surface area contributed by atoms with E-state index in [2.05, 4.69) is 25.3 Å². The predicted molar refractivity (Wildman–Crippen MR) is 176 cm³/mol. The summed E-state index contributed by atoms with van der Waals surface area (Å²) in [4.78, 5) is 20.0. The first-order chi connectivity index (χ1) is 22.9. The Balaban J connectivity index is 1.35. The summed E-state index contributed by atoms with van der Waals surface area (Å²) in [6.45, 7) is 3.47. The zero-order valence-corrected chi connectivity index (χ0v) is 26.9. The lowest BCUT2D eigenvalue weighted by Crippen LogP contribution is -2.34. The topological polar surface area (TPSA) is 143 Å². The standard InChI is InChI=1S/C34H41F4N7O3/c1-20(39)41-13-12-28(23-8-9-23)42-17-21-6-10-26(11-7-21)45-18-24-16-29(43-32(24)44-33(45)46)27-14-22(4-3-5-25(40)19-47-2)15-30(31(27)35)48-34(36,37)38/h6-7,10-11,14-16,18,23,25,28,42H,3-5,8-9,12-13,17,19,40H2,1-2H3,(H2,39,41)(H,43,44,46)/t25-,28?/m1/s1. The maximum absolute atomic E-state index is 15.5. The van der Waals surface area contributed by atoms with E-state index in [-0.39, 0.29) is 22.9 Å². The van der Waals surface area contributed by atoms with E-state index < -0.39 is 23.6 Å². The van der Waals surface area contributed by atoms with E-state index in [0.29, 0.717) is 66.8 Å². The van der Waals surface area contributed by atoms with Gasteiger partial charge in [0.15, 0.2) is 11.6 Å². The monoisotopic (exact) mass is 671 g/mol. The van der Waals surface area contributed by atoms with Crippen LogP contribution in [0.1, 0.15) is 50.2 Å². The minimum Gasteiger partial charge on any atom is -0.403 e. The van der Waals surface area contributed by atoms with Crippen LogP contribution in [0.2, 0.25) is 0 Å². The number of hydrogen-bond acceptors (Lipinski definition) is 7. The number of fused-ring (bicyclic) bond motifs is 1. The lowest BCUT2D eigenvalue weighted by atomic mass is 10.0. The van der Waals surface area contributed by atoms with Crippen molar-refractivity contribution >= 4 is 16.9 Å². The summed E-state index contributed by atoms with van der Waals surface area (Å²) < 4.78 is 65.4. The molecule has 2 aromatic heterocycles. The van der Waals surface area contributed by atoms with E-state index in [9.17, 15) is 18.0 Å². The SMILES string of the molecule is COC[C@H](N)CCCc1cc(OC(F)(F)F)c(F)c(-c2cc3cn(-c4ccc(CNC(CCNC(C)=N)C5CC5)cc4)c(=O)nc3[nH]2)c1. The lowest BCUT2D eigenvalue weighted by molar-refractivity contribution is -0.275. The number of nitrogens with one attached hydrogen (secondary N) is 4. The number of aromatic amines is 1. The minimum atomic E-state index is -5.09. The van der Waals surface area contributed by atoms with Crippen molar-refractivity contribution in [1.82, 2.24) is 25.2 Å². The van der Waals surface area contributed by atoms with Crippen molar-refractivity contribution in [3.05, 3.63) is 76.1 Å². The van der Waals surface area contributed by atoms with Crippen molar-refractivity contribution in [2.75, 3.05) is 20.3 Å². The highest BCUT2D eigenvalue weighted by atomic mass is 19.4. The number of H-pyrrole nitrogens is 1. The second kappa shape index (κ2) is 15.3. The first kappa shape index (κ1) is 35.0. The van der Waals surface area contributed by atoms with Crippen LogP contribution in [0.25, 0.3) is 28.0 Å². The molecule has 14 heteroatoms. The van der Waals surface area contributed by atoms with Gasteiger partial charge in [0.2, 0.25) is 0 Å². The molecule has 2 atom stereocenters. The largest absolute Gasteiger partial charge is 0.573 e. The number of nitrogens with two attached hydrogens (primary N) is 1. The number of methoxy groups -OCH3 is 1. The van der Waals surface area contributed by atoms with Crippen LogP contribution in [-0.2, 0) is 17.7 Å². The van der Waals surface area contributed by atoms with Gasteiger partial charge < -0.3 is 30.8 Å². The van der Waals surface area contributed by atoms with Crippen molar-refractivity contribution in [3.8, 4) is 22.7 Å². The van der Waals surface area contributed by atoms with Crippen LogP contribution < -0.4 is 26.8 Å². The molecule has 48 heavy (non-hydrogen) atoms. The number of aromatic nitrogens is 3. The zero-order valence-electron chi connectivity index (χ0n) is 26.9. The summed E-state index contributed by atoms with van der Waals surface area (Å²) in [5.41, 5.74) is 7.61. The van der Waals surface area contributed by atoms with Gasteiger partial charge in [-0.05, 0) is 92.8 Å². The number of hydrogen-bond donors (Lipinski definition) is 5. The van der Waals surface area contributed by atoms with Crippen molar-refractivity contribution < 1.29 is 27.0 Å². The van der Waals surface area contributed by atoms with Crippen LogP contribution in [0.5, 0.6) is 5.75 Å². The molecule has 2 aromatic carbocycles. The van der Waals surface area contributed by atoms with Gasteiger partial charge in [0.25, 0.3) is 0 Å². The molecule has 258 valence electrons. The molecule has 5 rings (SSSR count). The smallest absolute Gasteiger partial charge is 0.403 e. The Labute approximate surface area is 275 Å². The van der Waals surface area contributed by atoms with E-state index in [4.69, 9.17) is 15.9 Å². The van der Waals surface area contributed by atoms with Gasteiger partial charge in [-0.25, -0.2) is 9.18 Å². The number of aryl methyl sites for hydroxylation is 1. The van der Waals surface area contributed by atoms with Gasteiger partial charge in [-0.2, -0.15) is 4.98 Å². The number of ether oxygens (including phenoxy) is 2. The van der Waals surface area contributed by atoms with Crippen LogP contribution >= 0.6 is 0 Å². The van der Waals surface area contributed by atoms with Crippen LogP contribution in [0.15, 0.2) is 53.5 Å². The van der Waals surface area contributed by atoms with E-state index in [1.54, 1.807) is 13.1 Å². The summed E-state index contributed by atoms with van der Waals surface area (Å²) in [5.74, 6) is -1.04. The quantitative estimate of drug-likeness (QED) is 0.0597. The van der Waals surface area contributed by atoms with Crippen LogP contribution in [-0.4, -0.2) is 59.1 Å². The van der Waals surface area contributed by atoms with Gasteiger partial charge in [-0.15, -0.1) is 13.2 Å². The van der Waals surface area contributed by atoms with Gasteiger partial charge in [-0.3, -0.25) is 9.98 Å². The fourth-order valence-corrected chi connectivity index (χ4v) is 5.83. The molecule has 0 aliphatic heterocycles. The van der Waals surface area contributed by atoms with Gasteiger partial charge in [-0.1, -0.05) is 12.1 Å².